The molecule has 4 nitrogen and oxygen atoms in total. The number of rotatable bonds is 3. The first-order valence-electron chi connectivity index (χ1n) is 8.54. The summed E-state index contributed by atoms with van der Waals surface area (Å²) in [4.78, 5) is 23.5. The summed E-state index contributed by atoms with van der Waals surface area (Å²) in [5.74, 6) is 0.687. The van der Waals surface area contributed by atoms with Crippen molar-refractivity contribution < 1.29 is 0 Å². The van der Waals surface area contributed by atoms with Gasteiger partial charge in [-0.2, -0.15) is 0 Å². The minimum atomic E-state index is 0.0137. The zero-order chi connectivity index (χ0) is 17.4. The van der Waals surface area contributed by atoms with E-state index in [1.807, 2.05) is 17.5 Å². The summed E-state index contributed by atoms with van der Waals surface area (Å²) >= 11 is 1.60. The quantitative estimate of drug-likeness (QED) is 0.783. The van der Waals surface area contributed by atoms with Gasteiger partial charge in [0.2, 0.25) is 0 Å². The average Bonchev–Trinajstić information content (AvgIpc) is 3.12. The van der Waals surface area contributed by atoms with Crippen LogP contribution in [0.4, 0.5) is 0 Å². The van der Waals surface area contributed by atoms with Crippen LogP contribution in [0.25, 0.3) is 10.7 Å². The number of H-pyrrole nitrogens is 1. The van der Waals surface area contributed by atoms with Crippen molar-refractivity contribution in [3.05, 3.63) is 74.0 Å². The molecule has 128 valence electrons. The Morgan fingerprint density at radius 1 is 1.28 bits per heavy atom. The Hall–Kier alpha value is -2.24. The predicted octanol–water partition coefficient (Wildman–Crippen LogP) is 3.67. The Morgan fingerprint density at radius 2 is 2.16 bits per heavy atom. The Kier molecular flexibility index (Phi) is 4.27. The zero-order valence-electron chi connectivity index (χ0n) is 14.5. The number of hydrogen-bond acceptors (Lipinski definition) is 4. The Bertz CT molecular complexity index is 960. The molecule has 0 unspecified atom stereocenters. The maximum Gasteiger partial charge on any atom is 0.254 e. The summed E-state index contributed by atoms with van der Waals surface area (Å²) in [7, 11) is 0. The number of fused-ring (bicyclic) bond motifs is 1. The van der Waals surface area contributed by atoms with Crippen molar-refractivity contribution in [3.63, 3.8) is 0 Å². The van der Waals surface area contributed by atoms with Crippen molar-refractivity contribution in [2.75, 3.05) is 6.54 Å². The molecule has 0 bridgehead atoms. The van der Waals surface area contributed by atoms with Crippen LogP contribution in [0.2, 0.25) is 0 Å². The van der Waals surface area contributed by atoms with Gasteiger partial charge in [0.15, 0.2) is 5.82 Å². The van der Waals surface area contributed by atoms with Crippen LogP contribution in [0.3, 0.4) is 0 Å². The molecular formula is C20H21N3OS. The number of thiophene rings is 1. The maximum atomic E-state index is 12.4. The molecule has 5 heteroatoms. The molecule has 1 aliphatic rings. The molecule has 0 atom stereocenters. The fourth-order valence-electron chi connectivity index (χ4n) is 3.37. The molecule has 1 aliphatic heterocycles. The predicted molar refractivity (Wildman–Crippen MR) is 102 cm³/mol. The number of benzene rings is 1. The average molecular weight is 351 g/mol. The minimum Gasteiger partial charge on any atom is -0.306 e. The summed E-state index contributed by atoms with van der Waals surface area (Å²) < 4.78 is 0. The van der Waals surface area contributed by atoms with Gasteiger partial charge in [-0.15, -0.1) is 11.3 Å². The standard InChI is InChI=1S/C20H21N3OS/c1-13-5-6-14(2)15(10-13)11-23-8-7-16-17(12-23)21-19(22-20(16)24)18-4-3-9-25-18/h3-6,9-10H,7-8,11-12H2,1-2H3,(H,21,22,24). The highest BCUT2D eigenvalue weighted by atomic mass is 32.1. The molecule has 0 spiro atoms. The lowest BCUT2D eigenvalue weighted by Crippen LogP contribution is -2.35. The van der Waals surface area contributed by atoms with E-state index in [9.17, 15) is 4.79 Å². The summed E-state index contributed by atoms with van der Waals surface area (Å²) in [5.41, 5.74) is 5.73. The van der Waals surface area contributed by atoms with Gasteiger partial charge >= 0.3 is 0 Å². The summed E-state index contributed by atoms with van der Waals surface area (Å²) in [5, 5.41) is 2.00. The van der Waals surface area contributed by atoms with Gasteiger partial charge in [-0.25, -0.2) is 4.98 Å². The van der Waals surface area contributed by atoms with Gasteiger partial charge in [-0.05, 0) is 42.8 Å². The molecule has 25 heavy (non-hydrogen) atoms. The lowest BCUT2D eigenvalue weighted by molar-refractivity contribution is 0.240. The van der Waals surface area contributed by atoms with Crippen LogP contribution in [0, 0.1) is 13.8 Å². The first-order valence-corrected chi connectivity index (χ1v) is 9.42. The van der Waals surface area contributed by atoms with Crippen LogP contribution >= 0.6 is 11.3 Å². The molecule has 0 radical (unpaired) electrons. The van der Waals surface area contributed by atoms with Gasteiger partial charge in [-0.3, -0.25) is 9.69 Å². The van der Waals surface area contributed by atoms with Crippen LogP contribution < -0.4 is 5.56 Å². The van der Waals surface area contributed by atoms with Gasteiger partial charge in [0.1, 0.15) is 0 Å². The normalized spacial score (nSPS) is 14.5. The summed E-state index contributed by atoms with van der Waals surface area (Å²) in [6, 6.07) is 10.6. The second kappa shape index (κ2) is 6.58. The molecule has 4 rings (SSSR count). The summed E-state index contributed by atoms with van der Waals surface area (Å²) in [6.45, 7) is 6.80. The van der Waals surface area contributed by atoms with Crippen LogP contribution in [-0.2, 0) is 19.5 Å². The molecule has 3 heterocycles. The third-order valence-corrected chi connectivity index (χ3v) is 5.68. The monoisotopic (exact) mass is 351 g/mol. The first kappa shape index (κ1) is 16.2. The van der Waals surface area contributed by atoms with E-state index in [-0.39, 0.29) is 5.56 Å². The second-order valence-electron chi connectivity index (χ2n) is 6.71. The van der Waals surface area contributed by atoms with Crippen LogP contribution in [0.1, 0.15) is 27.9 Å². The van der Waals surface area contributed by atoms with E-state index in [0.29, 0.717) is 5.82 Å². The lowest BCUT2D eigenvalue weighted by Gasteiger charge is -2.28. The van der Waals surface area contributed by atoms with E-state index in [1.165, 1.54) is 16.7 Å². The molecule has 3 aromatic rings. The van der Waals surface area contributed by atoms with Gasteiger partial charge in [0.25, 0.3) is 5.56 Å². The van der Waals surface area contributed by atoms with Gasteiger partial charge in [-0.1, -0.05) is 29.8 Å². The van der Waals surface area contributed by atoms with E-state index >= 15 is 0 Å². The smallest absolute Gasteiger partial charge is 0.254 e. The number of nitrogens with one attached hydrogen (secondary N) is 1. The highest BCUT2D eigenvalue weighted by Crippen LogP contribution is 2.23. The number of aromatic nitrogens is 2. The highest BCUT2D eigenvalue weighted by molar-refractivity contribution is 7.13. The first-order chi connectivity index (χ1) is 12.1. The van der Waals surface area contributed by atoms with E-state index in [1.54, 1.807) is 11.3 Å². The Labute approximate surface area is 151 Å². The minimum absolute atomic E-state index is 0.0137. The SMILES string of the molecule is Cc1ccc(C)c(CN2CCc3c(nc(-c4cccs4)[nH]c3=O)C2)c1. The number of aryl methyl sites for hydroxylation is 2. The largest absolute Gasteiger partial charge is 0.306 e. The third-order valence-electron chi connectivity index (χ3n) is 4.81. The van der Waals surface area contributed by atoms with Crippen LogP contribution in [-0.4, -0.2) is 21.4 Å². The maximum absolute atomic E-state index is 12.4. The molecule has 2 aromatic heterocycles. The van der Waals surface area contributed by atoms with Crippen molar-refractivity contribution in [3.8, 4) is 10.7 Å². The molecule has 0 amide bonds. The fourth-order valence-corrected chi connectivity index (χ4v) is 4.04. The van der Waals surface area contributed by atoms with E-state index in [2.05, 4.69) is 41.9 Å². The van der Waals surface area contributed by atoms with Crippen LogP contribution in [0.15, 0.2) is 40.5 Å². The summed E-state index contributed by atoms with van der Waals surface area (Å²) in [6.07, 6.45) is 0.757. The number of nitrogens with zero attached hydrogens (tertiary/aromatic N) is 2. The molecule has 1 aromatic carbocycles. The fraction of sp³-hybridized carbons (Fsp3) is 0.300. The molecular weight excluding hydrogens is 330 g/mol. The van der Waals surface area contributed by atoms with Crippen molar-refractivity contribution in [1.82, 2.24) is 14.9 Å². The molecule has 0 saturated carbocycles. The topological polar surface area (TPSA) is 49.0 Å². The number of aromatic amines is 1. The van der Waals surface area contributed by atoms with E-state index < -0.39 is 0 Å². The van der Waals surface area contributed by atoms with Crippen molar-refractivity contribution in [2.24, 2.45) is 0 Å². The van der Waals surface area contributed by atoms with Gasteiger partial charge < -0.3 is 4.98 Å². The second-order valence-corrected chi connectivity index (χ2v) is 7.66. The highest BCUT2D eigenvalue weighted by Gasteiger charge is 2.22. The zero-order valence-corrected chi connectivity index (χ0v) is 15.3. The van der Waals surface area contributed by atoms with E-state index in [4.69, 9.17) is 4.98 Å². The molecule has 0 aliphatic carbocycles. The number of hydrogen-bond donors (Lipinski definition) is 1. The third kappa shape index (κ3) is 3.30. The van der Waals surface area contributed by atoms with Crippen molar-refractivity contribution >= 4 is 11.3 Å². The molecule has 0 saturated heterocycles. The lowest BCUT2D eigenvalue weighted by atomic mass is 10.0. The Balaban J connectivity index is 1.62. The van der Waals surface area contributed by atoms with Crippen molar-refractivity contribution in [2.45, 2.75) is 33.4 Å². The van der Waals surface area contributed by atoms with Crippen LogP contribution in [0.5, 0.6) is 0 Å². The molecule has 1 N–H and O–H groups in total. The van der Waals surface area contributed by atoms with E-state index in [0.717, 1.165) is 42.2 Å². The van der Waals surface area contributed by atoms with Crippen molar-refractivity contribution in [1.29, 1.82) is 0 Å². The Morgan fingerprint density at radius 3 is 2.96 bits per heavy atom. The van der Waals surface area contributed by atoms with Gasteiger partial charge in [0, 0.05) is 25.2 Å². The molecule has 0 fully saturated rings. The van der Waals surface area contributed by atoms with Gasteiger partial charge in [0.05, 0.1) is 10.6 Å².